The summed E-state index contributed by atoms with van der Waals surface area (Å²) in [6.45, 7) is 0.0215. The predicted octanol–water partition coefficient (Wildman–Crippen LogP) is 3.91. The summed E-state index contributed by atoms with van der Waals surface area (Å²) in [4.78, 5) is 12.2. The van der Waals surface area contributed by atoms with Gasteiger partial charge in [0.05, 0.1) is 10.2 Å². The molecular formula is C15H20BrF2N3O. The number of aromatic nitrogens is 2. The number of nitrogens with one attached hydrogen (secondary N) is 1. The highest BCUT2D eigenvalue weighted by atomic mass is 79.9. The topological polar surface area (TPSA) is 46.9 Å². The third kappa shape index (κ3) is 3.50. The Bertz CT molecular complexity index is 551. The lowest BCUT2D eigenvalue weighted by molar-refractivity contribution is -0.122. The van der Waals surface area contributed by atoms with Gasteiger partial charge in [0.25, 0.3) is 6.43 Å². The van der Waals surface area contributed by atoms with Gasteiger partial charge in [-0.05, 0) is 41.6 Å². The third-order valence-electron chi connectivity index (χ3n) is 4.39. The van der Waals surface area contributed by atoms with Crippen molar-refractivity contribution < 1.29 is 13.6 Å². The van der Waals surface area contributed by atoms with Crippen LogP contribution in [0.1, 0.15) is 68.7 Å². The molecule has 22 heavy (non-hydrogen) atoms. The highest BCUT2D eigenvalue weighted by molar-refractivity contribution is 9.10. The average molecular weight is 376 g/mol. The Morgan fingerprint density at radius 2 is 1.95 bits per heavy atom. The van der Waals surface area contributed by atoms with Crippen LogP contribution in [0.3, 0.4) is 0 Å². The molecule has 1 N–H and O–H groups in total. The molecule has 0 saturated heterocycles. The minimum absolute atomic E-state index is 0.0215. The van der Waals surface area contributed by atoms with E-state index in [0.717, 1.165) is 44.2 Å². The molecule has 0 aromatic carbocycles. The summed E-state index contributed by atoms with van der Waals surface area (Å²) >= 11 is 3.24. The van der Waals surface area contributed by atoms with Crippen LogP contribution in [0, 0.1) is 0 Å². The lowest BCUT2D eigenvalue weighted by Gasteiger charge is -2.22. The van der Waals surface area contributed by atoms with Crippen LogP contribution < -0.4 is 5.32 Å². The van der Waals surface area contributed by atoms with Crippen LogP contribution in [0.4, 0.5) is 8.78 Å². The molecule has 4 nitrogen and oxygen atoms in total. The highest BCUT2D eigenvalue weighted by Crippen LogP contribution is 2.45. The molecule has 0 spiro atoms. The van der Waals surface area contributed by atoms with Crippen LogP contribution in [0.5, 0.6) is 0 Å². The summed E-state index contributed by atoms with van der Waals surface area (Å²) < 4.78 is 27.8. The Balaban J connectivity index is 1.70. The normalized spacial score (nSPS) is 19.6. The third-order valence-corrected chi connectivity index (χ3v) is 5.20. The molecule has 0 bridgehead atoms. The van der Waals surface area contributed by atoms with Crippen LogP contribution in [0.25, 0.3) is 0 Å². The van der Waals surface area contributed by atoms with Crippen molar-refractivity contribution >= 4 is 21.8 Å². The Morgan fingerprint density at radius 3 is 2.55 bits per heavy atom. The largest absolute Gasteiger partial charge is 0.352 e. The molecule has 0 radical (unpaired) electrons. The van der Waals surface area contributed by atoms with Crippen molar-refractivity contribution in [1.82, 2.24) is 15.1 Å². The van der Waals surface area contributed by atoms with Crippen molar-refractivity contribution in [1.29, 1.82) is 0 Å². The molecule has 1 amide bonds. The molecule has 2 aliphatic carbocycles. The van der Waals surface area contributed by atoms with E-state index >= 15 is 0 Å². The maximum atomic E-state index is 13.0. The first-order chi connectivity index (χ1) is 10.6. The minimum Gasteiger partial charge on any atom is -0.352 e. The molecule has 2 saturated carbocycles. The first kappa shape index (κ1) is 15.9. The first-order valence-electron chi connectivity index (χ1n) is 7.90. The molecule has 122 valence electrons. The zero-order chi connectivity index (χ0) is 15.7. The van der Waals surface area contributed by atoms with E-state index in [4.69, 9.17) is 0 Å². The number of hydrogen-bond acceptors (Lipinski definition) is 2. The fraction of sp³-hybridized carbons (Fsp3) is 0.733. The molecule has 1 aromatic rings. The van der Waals surface area contributed by atoms with Crippen molar-refractivity contribution in [2.45, 2.75) is 69.9 Å². The lowest BCUT2D eigenvalue weighted by Crippen LogP contribution is -2.38. The summed E-state index contributed by atoms with van der Waals surface area (Å²) in [5, 5.41) is 6.97. The van der Waals surface area contributed by atoms with Gasteiger partial charge in [-0.2, -0.15) is 5.10 Å². The van der Waals surface area contributed by atoms with Gasteiger partial charge < -0.3 is 5.32 Å². The van der Waals surface area contributed by atoms with Crippen LogP contribution >= 0.6 is 15.9 Å². The molecule has 0 unspecified atom stereocenters. The minimum atomic E-state index is -2.63. The van der Waals surface area contributed by atoms with E-state index in [1.54, 1.807) is 0 Å². The molecule has 7 heteroatoms. The summed E-state index contributed by atoms with van der Waals surface area (Å²) in [5.74, 6) is 0.112. The first-order valence-corrected chi connectivity index (χ1v) is 8.69. The van der Waals surface area contributed by atoms with Gasteiger partial charge in [-0.15, -0.1) is 0 Å². The van der Waals surface area contributed by atoms with Crippen molar-refractivity contribution in [3.05, 3.63) is 15.9 Å². The predicted molar refractivity (Wildman–Crippen MR) is 81.9 cm³/mol. The van der Waals surface area contributed by atoms with E-state index in [1.165, 1.54) is 11.1 Å². The highest BCUT2D eigenvalue weighted by Gasteiger charge is 2.34. The fourth-order valence-corrected chi connectivity index (χ4v) is 3.92. The maximum Gasteiger partial charge on any atom is 0.283 e. The number of rotatable bonds is 5. The number of carbonyl (C=O) groups is 1. The van der Waals surface area contributed by atoms with Crippen molar-refractivity contribution in [3.63, 3.8) is 0 Å². The zero-order valence-electron chi connectivity index (χ0n) is 12.3. The van der Waals surface area contributed by atoms with E-state index in [-0.39, 0.29) is 30.1 Å². The quantitative estimate of drug-likeness (QED) is 0.847. The second kappa shape index (κ2) is 6.64. The van der Waals surface area contributed by atoms with Gasteiger partial charge in [-0.25, -0.2) is 8.78 Å². The molecule has 0 atom stereocenters. The molecular weight excluding hydrogens is 356 g/mol. The van der Waals surface area contributed by atoms with Crippen molar-refractivity contribution in [2.75, 3.05) is 0 Å². The average Bonchev–Trinajstić information content (AvgIpc) is 3.25. The summed E-state index contributed by atoms with van der Waals surface area (Å²) in [6.07, 6.45) is 4.83. The van der Waals surface area contributed by atoms with E-state index in [0.29, 0.717) is 4.47 Å². The zero-order valence-corrected chi connectivity index (χ0v) is 13.9. The van der Waals surface area contributed by atoms with Crippen molar-refractivity contribution in [2.24, 2.45) is 0 Å². The van der Waals surface area contributed by atoms with E-state index < -0.39 is 6.43 Å². The summed E-state index contributed by atoms with van der Waals surface area (Å²) in [5.41, 5.74) is 0.487. The fourth-order valence-electron chi connectivity index (χ4n) is 3.14. The van der Waals surface area contributed by atoms with Gasteiger partial charge in [0.1, 0.15) is 12.2 Å². The second-order valence-corrected chi connectivity index (χ2v) is 7.01. The van der Waals surface area contributed by atoms with Crippen LogP contribution in [-0.2, 0) is 11.3 Å². The van der Waals surface area contributed by atoms with Gasteiger partial charge in [0, 0.05) is 12.0 Å². The standard InChI is InChI=1S/C15H20BrF2N3O/c16-12-13(15(17)18)20-21(14(12)9-6-7-9)8-11(22)19-10-4-2-1-3-5-10/h9-10,15H,1-8H2,(H,19,22). The monoisotopic (exact) mass is 375 g/mol. The van der Waals surface area contributed by atoms with Gasteiger partial charge in [-0.1, -0.05) is 19.3 Å². The van der Waals surface area contributed by atoms with Crippen LogP contribution in [0.2, 0.25) is 0 Å². The number of halogens is 3. The summed E-state index contributed by atoms with van der Waals surface area (Å²) in [6, 6.07) is 0.221. The van der Waals surface area contributed by atoms with Gasteiger partial charge in [-0.3, -0.25) is 9.48 Å². The molecule has 1 heterocycles. The Hall–Kier alpha value is -0.980. The summed E-state index contributed by atoms with van der Waals surface area (Å²) in [7, 11) is 0. The number of hydrogen-bond donors (Lipinski definition) is 1. The molecule has 2 aliphatic rings. The SMILES string of the molecule is O=C(Cn1nc(C(F)F)c(Br)c1C1CC1)NC1CCCCC1. The van der Waals surface area contributed by atoms with E-state index in [1.807, 2.05) is 0 Å². The number of carbonyl (C=O) groups excluding carboxylic acids is 1. The van der Waals surface area contributed by atoms with E-state index in [2.05, 4.69) is 26.3 Å². The van der Waals surface area contributed by atoms with E-state index in [9.17, 15) is 13.6 Å². The van der Waals surface area contributed by atoms with Gasteiger partial charge in [0.2, 0.25) is 5.91 Å². The molecule has 2 fully saturated rings. The van der Waals surface area contributed by atoms with Crippen LogP contribution in [-0.4, -0.2) is 21.7 Å². The Labute approximate surface area is 136 Å². The number of amides is 1. The second-order valence-electron chi connectivity index (χ2n) is 6.22. The Kier molecular flexibility index (Phi) is 4.80. The smallest absolute Gasteiger partial charge is 0.283 e. The maximum absolute atomic E-state index is 13.0. The van der Waals surface area contributed by atoms with Crippen molar-refractivity contribution in [3.8, 4) is 0 Å². The number of alkyl halides is 2. The molecule has 3 rings (SSSR count). The van der Waals surface area contributed by atoms with Crippen LogP contribution in [0.15, 0.2) is 4.47 Å². The number of nitrogens with zero attached hydrogens (tertiary/aromatic N) is 2. The van der Waals surface area contributed by atoms with Gasteiger partial charge in [0.15, 0.2) is 0 Å². The lowest BCUT2D eigenvalue weighted by atomic mass is 9.95. The Morgan fingerprint density at radius 1 is 1.27 bits per heavy atom. The molecule has 1 aromatic heterocycles. The van der Waals surface area contributed by atoms with Gasteiger partial charge >= 0.3 is 0 Å². The molecule has 0 aliphatic heterocycles.